The van der Waals surface area contributed by atoms with Crippen LogP contribution in [-0.2, 0) is 4.79 Å². The topological polar surface area (TPSA) is 37.3 Å². The zero-order chi connectivity index (χ0) is 13.2. The van der Waals surface area contributed by atoms with Gasteiger partial charge in [0, 0.05) is 6.42 Å². The average molecular weight is 258 g/mol. The van der Waals surface area contributed by atoms with Crippen LogP contribution in [0.15, 0.2) is 30.3 Å². The van der Waals surface area contributed by atoms with E-state index in [1.807, 2.05) is 6.07 Å². The first-order chi connectivity index (χ1) is 9.24. The summed E-state index contributed by atoms with van der Waals surface area (Å²) in [4.78, 5) is 11.1. The molecule has 102 valence electrons. The summed E-state index contributed by atoms with van der Waals surface area (Å²) in [6.45, 7) is 0. The van der Waals surface area contributed by atoms with Crippen LogP contribution in [-0.4, -0.2) is 11.1 Å². The fraction of sp³-hybridized carbons (Fsp3) is 0.588. The number of carboxylic acids is 1. The standard InChI is InChI=1S/C17H22O2/c18-17(19)11-15-9-13-7-4-8-14(13)10-16(15)12-5-2-1-3-6-12/h1-3,5-6,13-16H,4,7-11H2,(H,18,19)/t13-,14+,15?,16?/m0/s1. The molecule has 0 aliphatic heterocycles. The lowest BCUT2D eigenvalue weighted by Gasteiger charge is -2.38. The first-order valence-corrected chi connectivity index (χ1v) is 7.51. The predicted octanol–water partition coefficient (Wildman–Crippen LogP) is 4.07. The van der Waals surface area contributed by atoms with E-state index in [0.717, 1.165) is 18.3 Å². The highest BCUT2D eigenvalue weighted by atomic mass is 16.4. The molecule has 0 heterocycles. The molecule has 1 aromatic carbocycles. The molecule has 2 unspecified atom stereocenters. The Morgan fingerprint density at radius 3 is 2.47 bits per heavy atom. The van der Waals surface area contributed by atoms with E-state index in [-0.39, 0.29) is 0 Å². The van der Waals surface area contributed by atoms with Crippen LogP contribution in [0.5, 0.6) is 0 Å². The molecule has 4 atom stereocenters. The largest absolute Gasteiger partial charge is 0.481 e. The normalized spacial score (nSPS) is 33.9. The van der Waals surface area contributed by atoms with Crippen molar-refractivity contribution in [2.45, 2.75) is 44.4 Å². The van der Waals surface area contributed by atoms with E-state index < -0.39 is 5.97 Å². The lowest BCUT2D eigenvalue weighted by atomic mass is 9.66. The summed E-state index contributed by atoms with van der Waals surface area (Å²) in [5.74, 6) is 1.79. The van der Waals surface area contributed by atoms with Crippen LogP contribution in [0, 0.1) is 17.8 Å². The predicted molar refractivity (Wildman–Crippen MR) is 75.0 cm³/mol. The minimum absolute atomic E-state index is 0.333. The van der Waals surface area contributed by atoms with Crippen molar-refractivity contribution >= 4 is 5.97 Å². The van der Waals surface area contributed by atoms with Crippen LogP contribution < -0.4 is 0 Å². The highest BCUT2D eigenvalue weighted by molar-refractivity contribution is 5.67. The number of rotatable bonds is 3. The summed E-state index contributed by atoms with van der Waals surface area (Å²) in [7, 11) is 0. The summed E-state index contributed by atoms with van der Waals surface area (Å²) < 4.78 is 0. The third-order valence-electron chi connectivity index (χ3n) is 5.21. The second kappa shape index (κ2) is 5.36. The van der Waals surface area contributed by atoms with Gasteiger partial charge in [0.05, 0.1) is 0 Å². The Hall–Kier alpha value is -1.31. The minimum atomic E-state index is -0.637. The summed E-state index contributed by atoms with van der Waals surface area (Å²) in [6.07, 6.45) is 6.68. The highest BCUT2D eigenvalue weighted by Crippen LogP contribution is 2.51. The Bertz CT molecular complexity index is 440. The van der Waals surface area contributed by atoms with Gasteiger partial charge in [-0.3, -0.25) is 4.79 Å². The fourth-order valence-corrected chi connectivity index (χ4v) is 4.36. The van der Waals surface area contributed by atoms with Gasteiger partial charge in [-0.2, -0.15) is 0 Å². The van der Waals surface area contributed by atoms with Gasteiger partial charge in [-0.1, -0.05) is 49.6 Å². The second-order valence-corrected chi connectivity index (χ2v) is 6.30. The van der Waals surface area contributed by atoms with Crippen molar-refractivity contribution in [2.24, 2.45) is 17.8 Å². The Labute approximate surface area is 114 Å². The first-order valence-electron chi connectivity index (χ1n) is 7.51. The highest BCUT2D eigenvalue weighted by Gasteiger charge is 2.40. The zero-order valence-electron chi connectivity index (χ0n) is 11.3. The molecule has 19 heavy (non-hydrogen) atoms. The average Bonchev–Trinajstić information content (AvgIpc) is 2.85. The molecule has 3 rings (SSSR count). The van der Waals surface area contributed by atoms with Crippen molar-refractivity contribution in [1.82, 2.24) is 0 Å². The number of fused-ring (bicyclic) bond motifs is 1. The molecular formula is C17H22O2. The molecule has 0 aromatic heterocycles. The van der Waals surface area contributed by atoms with Gasteiger partial charge in [-0.25, -0.2) is 0 Å². The van der Waals surface area contributed by atoms with Gasteiger partial charge in [0.25, 0.3) is 0 Å². The number of hydrogen-bond donors (Lipinski definition) is 1. The molecule has 2 heteroatoms. The third kappa shape index (κ3) is 2.68. The van der Waals surface area contributed by atoms with E-state index in [0.29, 0.717) is 18.3 Å². The van der Waals surface area contributed by atoms with Crippen molar-refractivity contribution in [1.29, 1.82) is 0 Å². The lowest BCUT2D eigenvalue weighted by molar-refractivity contribution is -0.138. The monoisotopic (exact) mass is 258 g/mol. The van der Waals surface area contributed by atoms with Gasteiger partial charge in [0.2, 0.25) is 0 Å². The van der Waals surface area contributed by atoms with Crippen molar-refractivity contribution in [3.05, 3.63) is 35.9 Å². The molecule has 2 aliphatic carbocycles. The Morgan fingerprint density at radius 2 is 1.79 bits per heavy atom. The minimum Gasteiger partial charge on any atom is -0.481 e. The molecule has 1 N–H and O–H groups in total. The van der Waals surface area contributed by atoms with Gasteiger partial charge in [0.15, 0.2) is 0 Å². The van der Waals surface area contributed by atoms with Crippen LogP contribution in [0.1, 0.15) is 50.0 Å². The molecule has 1 aromatic rings. The van der Waals surface area contributed by atoms with Crippen LogP contribution in [0.4, 0.5) is 0 Å². The first kappa shape index (κ1) is 12.7. The maximum absolute atomic E-state index is 11.1. The molecule has 0 radical (unpaired) electrons. The van der Waals surface area contributed by atoms with Gasteiger partial charge >= 0.3 is 5.97 Å². The molecule has 2 aliphatic rings. The number of aliphatic carboxylic acids is 1. The Morgan fingerprint density at radius 1 is 1.11 bits per heavy atom. The number of benzene rings is 1. The summed E-state index contributed by atoms with van der Waals surface area (Å²) in [5, 5.41) is 9.17. The summed E-state index contributed by atoms with van der Waals surface area (Å²) in [5.41, 5.74) is 1.35. The van der Waals surface area contributed by atoms with Gasteiger partial charge in [-0.15, -0.1) is 0 Å². The molecule has 2 fully saturated rings. The maximum atomic E-state index is 11.1. The quantitative estimate of drug-likeness (QED) is 0.887. The molecule has 0 bridgehead atoms. The molecule has 0 amide bonds. The zero-order valence-corrected chi connectivity index (χ0v) is 11.3. The van der Waals surface area contributed by atoms with E-state index in [4.69, 9.17) is 0 Å². The van der Waals surface area contributed by atoms with Crippen LogP contribution in [0.25, 0.3) is 0 Å². The fourth-order valence-electron chi connectivity index (χ4n) is 4.36. The number of hydrogen-bond acceptors (Lipinski definition) is 1. The summed E-state index contributed by atoms with van der Waals surface area (Å²) in [6, 6.07) is 10.5. The van der Waals surface area contributed by atoms with E-state index in [2.05, 4.69) is 24.3 Å². The molecular weight excluding hydrogens is 236 g/mol. The Balaban J connectivity index is 1.83. The third-order valence-corrected chi connectivity index (χ3v) is 5.21. The summed E-state index contributed by atoms with van der Waals surface area (Å²) >= 11 is 0. The maximum Gasteiger partial charge on any atom is 0.303 e. The van der Waals surface area contributed by atoms with Crippen LogP contribution >= 0.6 is 0 Å². The Kier molecular flexibility index (Phi) is 3.58. The van der Waals surface area contributed by atoms with E-state index >= 15 is 0 Å². The van der Waals surface area contributed by atoms with Crippen molar-refractivity contribution in [2.75, 3.05) is 0 Å². The van der Waals surface area contributed by atoms with Crippen molar-refractivity contribution in [3.8, 4) is 0 Å². The molecule has 0 saturated heterocycles. The lowest BCUT2D eigenvalue weighted by Crippen LogP contribution is -2.29. The number of carboxylic acid groups (broad SMARTS) is 1. The van der Waals surface area contributed by atoms with E-state index in [9.17, 15) is 9.90 Å². The van der Waals surface area contributed by atoms with E-state index in [1.165, 1.54) is 31.2 Å². The van der Waals surface area contributed by atoms with E-state index in [1.54, 1.807) is 0 Å². The molecule has 2 saturated carbocycles. The SMILES string of the molecule is O=C(O)CC1C[C@@H]2CCC[C@@H]2CC1c1ccccc1. The molecule has 2 nitrogen and oxygen atoms in total. The van der Waals surface area contributed by atoms with Crippen molar-refractivity contribution in [3.63, 3.8) is 0 Å². The molecule has 0 spiro atoms. The van der Waals surface area contributed by atoms with Crippen molar-refractivity contribution < 1.29 is 9.90 Å². The van der Waals surface area contributed by atoms with Crippen LogP contribution in [0.2, 0.25) is 0 Å². The second-order valence-electron chi connectivity index (χ2n) is 6.30. The smallest absolute Gasteiger partial charge is 0.303 e. The number of carbonyl (C=O) groups is 1. The van der Waals surface area contributed by atoms with Gasteiger partial charge in [-0.05, 0) is 42.1 Å². The van der Waals surface area contributed by atoms with Crippen LogP contribution in [0.3, 0.4) is 0 Å². The van der Waals surface area contributed by atoms with Gasteiger partial charge < -0.3 is 5.11 Å². The van der Waals surface area contributed by atoms with Gasteiger partial charge in [0.1, 0.15) is 0 Å².